The van der Waals surface area contributed by atoms with Crippen molar-refractivity contribution >= 4 is 23.0 Å². The van der Waals surface area contributed by atoms with Crippen LogP contribution in [0.15, 0.2) is 29.1 Å². The second-order valence-corrected chi connectivity index (χ2v) is 9.64. The van der Waals surface area contributed by atoms with Gasteiger partial charge in [0, 0.05) is 19.6 Å². The van der Waals surface area contributed by atoms with E-state index in [0.717, 1.165) is 69.5 Å². The lowest BCUT2D eigenvalue weighted by atomic mass is 10.1. The van der Waals surface area contributed by atoms with Crippen LogP contribution >= 0.6 is 0 Å². The van der Waals surface area contributed by atoms with Crippen molar-refractivity contribution in [1.82, 2.24) is 24.4 Å². The number of aromatic nitrogens is 4. The Morgan fingerprint density at radius 2 is 1.95 bits per heavy atom. The Labute approximate surface area is 222 Å². The quantitative estimate of drug-likeness (QED) is 0.254. The summed E-state index contributed by atoms with van der Waals surface area (Å²) >= 11 is 0. The lowest BCUT2D eigenvalue weighted by Crippen LogP contribution is -2.38. The van der Waals surface area contributed by atoms with Crippen LogP contribution in [0.1, 0.15) is 51.0 Å². The van der Waals surface area contributed by atoms with Gasteiger partial charge >= 0.3 is 17.7 Å². The largest absolute Gasteiger partial charge is 0.490 e. The van der Waals surface area contributed by atoms with Gasteiger partial charge in [0.15, 0.2) is 11.5 Å². The number of piperidine rings is 1. The summed E-state index contributed by atoms with van der Waals surface area (Å²) in [6, 6.07) is 7.85. The van der Waals surface area contributed by atoms with E-state index in [0.29, 0.717) is 24.3 Å². The summed E-state index contributed by atoms with van der Waals surface area (Å²) < 4.78 is 18.2. The Morgan fingerprint density at radius 3 is 2.71 bits per heavy atom. The van der Waals surface area contributed by atoms with Crippen molar-refractivity contribution < 1.29 is 19.0 Å². The van der Waals surface area contributed by atoms with Crippen molar-refractivity contribution in [2.24, 2.45) is 0 Å². The number of H-pyrrole nitrogens is 1. The first-order valence-electron chi connectivity index (χ1n) is 13.4. The summed E-state index contributed by atoms with van der Waals surface area (Å²) in [6.45, 7) is 6.02. The average molecular weight is 527 g/mol. The first-order chi connectivity index (χ1) is 18.5. The second-order valence-electron chi connectivity index (χ2n) is 9.64. The highest BCUT2D eigenvalue weighted by atomic mass is 16.5. The number of benzene rings is 1. The molecule has 0 saturated carbocycles. The summed E-state index contributed by atoms with van der Waals surface area (Å²) in [7, 11) is 1.39. The number of anilines is 1. The van der Waals surface area contributed by atoms with E-state index in [4.69, 9.17) is 19.9 Å². The summed E-state index contributed by atoms with van der Waals surface area (Å²) in [5.74, 6) is 0.749. The molecule has 1 saturated heterocycles. The first-order valence-corrected chi connectivity index (χ1v) is 13.4. The van der Waals surface area contributed by atoms with Gasteiger partial charge in [-0.2, -0.15) is 9.97 Å². The smallest absolute Gasteiger partial charge is 0.327 e. The van der Waals surface area contributed by atoms with Crippen LogP contribution in [0, 0.1) is 0 Å². The third-order valence-corrected chi connectivity index (χ3v) is 6.78. The van der Waals surface area contributed by atoms with E-state index in [1.807, 2.05) is 24.3 Å². The number of nitrogens with zero attached hydrogens (tertiary/aromatic N) is 4. The first kappa shape index (κ1) is 27.4. The van der Waals surface area contributed by atoms with E-state index < -0.39 is 0 Å². The number of esters is 1. The second kappa shape index (κ2) is 13.3. The van der Waals surface area contributed by atoms with Gasteiger partial charge in [-0.1, -0.05) is 25.5 Å². The minimum absolute atomic E-state index is 0.156. The predicted octanol–water partition coefficient (Wildman–Crippen LogP) is 2.92. The molecule has 1 fully saturated rings. The van der Waals surface area contributed by atoms with Crippen molar-refractivity contribution in [3.05, 3.63) is 40.3 Å². The number of likely N-dealkylation sites (tertiary alicyclic amines) is 1. The topological polar surface area (TPSA) is 138 Å². The van der Waals surface area contributed by atoms with Crippen LogP contribution in [0.2, 0.25) is 0 Å². The average Bonchev–Trinajstić information content (AvgIpc) is 3.23. The van der Waals surface area contributed by atoms with Gasteiger partial charge in [-0.05, 0) is 56.3 Å². The fourth-order valence-electron chi connectivity index (χ4n) is 4.63. The molecule has 0 bridgehead atoms. The van der Waals surface area contributed by atoms with Gasteiger partial charge in [0.05, 0.1) is 20.1 Å². The molecular weight excluding hydrogens is 488 g/mol. The zero-order valence-electron chi connectivity index (χ0n) is 22.3. The van der Waals surface area contributed by atoms with Gasteiger partial charge in [-0.15, -0.1) is 0 Å². The number of aromatic amines is 1. The van der Waals surface area contributed by atoms with Crippen LogP contribution < -0.4 is 20.9 Å². The van der Waals surface area contributed by atoms with Gasteiger partial charge in [0.25, 0.3) is 0 Å². The molecule has 0 radical (unpaired) electrons. The van der Waals surface area contributed by atoms with Gasteiger partial charge < -0.3 is 29.8 Å². The molecule has 11 nitrogen and oxygen atoms in total. The molecule has 206 valence electrons. The maximum atomic E-state index is 12.5. The van der Waals surface area contributed by atoms with Gasteiger partial charge in [-0.25, -0.2) is 4.79 Å². The maximum Gasteiger partial charge on any atom is 0.327 e. The Morgan fingerprint density at radius 1 is 1.16 bits per heavy atom. The summed E-state index contributed by atoms with van der Waals surface area (Å²) in [5, 5.41) is 0. The number of rotatable bonds is 13. The standard InChI is InChI=1S/C27H38N6O5/c1-3-4-16-37-26-30-24(28)23-25(31-26)33(27(35)29-23)13-6-5-12-32-14-10-20(11-15-32)38-21-9-7-8-19(17-21)18-22(34)36-2/h7-9,17,20H,3-6,10-16,18H2,1-2H3,(H,29,35)(H2,28,30,31). The maximum absolute atomic E-state index is 12.5. The van der Waals surface area contributed by atoms with E-state index in [9.17, 15) is 9.59 Å². The SMILES string of the molecule is CCCCOc1nc(N)c2[nH]c(=O)n(CCCCN3CCC(Oc4cccc(CC(=O)OC)c4)CC3)c2n1. The summed E-state index contributed by atoms with van der Waals surface area (Å²) in [4.78, 5) is 37.9. The fraction of sp³-hybridized carbons (Fsp3) is 0.556. The van der Waals surface area contributed by atoms with Crippen LogP contribution in [0.3, 0.4) is 0 Å². The number of aryl methyl sites for hydroxylation is 1. The molecule has 1 aliphatic rings. The third kappa shape index (κ3) is 7.25. The molecule has 4 rings (SSSR count). The molecular formula is C27H38N6O5. The highest BCUT2D eigenvalue weighted by Gasteiger charge is 2.21. The number of nitrogens with one attached hydrogen (secondary N) is 1. The van der Waals surface area contributed by atoms with E-state index in [1.54, 1.807) is 4.57 Å². The minimum atomic E-state index is -0.261. The number of fused-ring (bicyclic) bond motifs is 1. The molecule has 0 amide bonds. The number of hydrogen-bond donors (Lipinski definition) is 2. The highest BCUT2D eigenvalue weighted by Crippen LogP contribution is 2.22. The van der Waals surface area contributed by atoms with Crippen molar-refractivity contribution in [3.8, 4) is 11.8 Å². The molecule has 3 N–H and O–H groups in total. The molecule has 0 aliphatic carbocycles. The lowest BCUT2D eigenvalue weighted by Gasteiger charge is -2.32. The zero-order chi connectivity index (χ0) is 26.9. The van der Waals surface area contributed by atoms with Crippen molar-refractivity contribution in [1.29, 1.82) is 0 Å². The lowest BCUT2D eigenvalue weighted by molar-refractivity contribution is -0.139. The number of methoxy groups -OCH3 is 1. The fourth-order valence-corrected chi connectivity index (χ4v) is 4.63. The number of unbranched alkanes of at least 4 members (excludes halogenated alkanes) is 2. The van der Waals surface area contributed by atoms with E-state index in [-0.39, 0.29) is 36.0 Å². The molecule has 0 unspecified atom stereocenters. The highest BCUT2D eigenvalue weighted by molar-refractivity contribution is 5.81. The Hall–Kier alpha value is -3.60. The monoisotopic (exact) mass is 526 g/mol. The van der Waals surface area contributed by atoms with E-state index in [2.05, 4.69) is 26.8 Å². The van der Waals surface area contributed by atoms with Crippen LogP contribution in [0.25, 0.3) is 11.2 Å². The number of hydrogen-bond acceptors (Lipinski definition) is 9. The zero-order valence-corrected chi connectivity index (χ0v) is 22.3. The molecule has 0 atom stereocenters. The molecule has 3 heterocycles. The Kier molecular flexibility index (Phi) is 9.58. The molecule has 3 aromatic rings. The van der Waals surface area contributed by atoms with Crippen molar-refractivity contribution in [2.75, 3.05) is 39.1 Å². The molecule has 0 spiro atoms. The van der Waals surface area contributed by atoms with Crippen molar-refractivity contribution in [3.63, 3.8) is 0 Å². The number of nitrogen functional groups attached to an aromatic ring is 1. The summed E-state index contributed by atoms with van der Waals surface area (Å²) in [5.41, 5.74) is 7.63. The Balaban J connectivity index is 1.22. The number of nitrogens with two attached hydrogens (primary N) is 1. The normalized spacial score (nSPS) is 14.6. The van der Waals surface area contributed by atoms with Gasteiger partial charge in [-0.3, -0.25) is 9.36 Å². The number of ether oxygens (including phenoxy) is 3. The number of imidazole rings is 1. The molecule has 1 aromatic carbocycles. The van der Waals surface area contributed by atoms with Crippen molar-refractivity contribution in [2.45, 2.75) is 64.5 Å². The van der Waals surface area contributed by atoms with Crippen LogP contribution in [-0.4, -0.2) is 69.8 Å². The van der Waals surface area contributed by atoms with E-state index >= 15 is 0 Å². The van der Waals surface area contributed by atoms with E-state index in [1.165, 1.54) is 7.11 Å². The van der Waals surface area contributed by atoms with Crippen LogP contribution in [0.5, 0.6) is 11.8 Å². The Bertz CT molecular complexity index is 1260. The van der Waals surface area contributed by atoms with Gasteiger partial charge in [0.1, 0.15) is 17.4 Å². The van der Waals surface area contributed by atoms with Gasteiger partial charge in [0.2, 0.25) is 0 Å². The molecule has 1 aliphatic heterocycles. The molecule has 11 heteroatoms. The minimum Gasteiger partial charge on any atom is -0.490 e. The molecule has 38 heavy (non-hydrogen) atoms. The van der Waals surface area contributed by atoms with Crippen LogP contribution in [0.4, 0.5) is 5.82 Å². The number of carbonyl (C=O) groups excluding carboxylic acids is 1. The predicted molar refractivity (Wildman–Crippen MR) is 144 cm³/mol. The summed E-state index contributed by atoms with van der Waals surface area (Å²) in [6.07, 6.45) is 5.99. The molecule has 2 aromatic heterocycles. The number of carbonyl (C=O) groups is 1. The van der Waals surface area contributed by atoms with Crippen LogP contribution in [-0.2, 0) is 22.5 Å². The third-order valence-electron chi connectivity index (χ3n) is 6.78.